The van der Waals surface area contributed by atoms with Crippen LogP contribution in [0.1, 0.15) is 15.4 Å². The average Bonchev–Trinajstić information content (AvgIpc) is 2.61. The number of aryl methyl sites for hydroxylation is 1. The molecule has 0 saturated carbocycles. The fraction of sp³-hybridized carbons (Fsp3) is 0.0909. The van der Waals surface area contributed by atoms with E-state index in [-0.39, 0.29) is 4.88 Å². The number of para-hydroxylation sites is 1. The minimum absolute atomic E-state index is 0.262. The number of nitrogens with two attached hydrogens (primary N) is 1. The standard InChI is InChI=1S/C11H10N2O2S/c1-6-9(11(14)15)16-10(13-6)7-4-2-3-5-8(7)12/h2-5H,12H2,1H3,(H,14,15). The minimum atomic E-state index is -0.948. The Bertz CT molecular complexity index is 549. The van der Waals surface area contributed by atoms with E-state index in [0.717, 1.165) is 16.9 Å². The van der Waals surface area contributed by atoms with Crippen molar-refractivity contribution in [2.45, 2.75) is 6.92 Å². The second kappa shape index (κ2) is 3.94. The number of carbonyl (C=O) groups is 1. The number of benzene rings is 1. The number of aromatic carboxylic acids is 1. The minimum Gasteiger partial charge on any atom is -0.477 e. The summed E-state index contributed by atoms with van der Waals surface area (Å²) in [6.07, 6.45) is 0. The quantitative estimate of drug-likeness (QED) is 0.782. The van der Waals surface area contributed by atoms with E-state index in [4.69, 9.17) is 10.8 Å². The number of hydrogen-bond acceptors (Lipinski definition) is 4. The molecule has 2 rings (SSSR count). The number of thiazole rings is 1. The first-order valence-corrected chi connectivity index (χ1v) is 5.47. The first-order valence-electron chi connectivity index (χ1n) is 4.65. The molecule has 1 aromatic heterocycles. The van der Waals surface area contributed by atoms with Crippen molar-refractivity contribution in [3.05, 3.63) is 34.8 Å². The molecule has 0 fully saturated rings. The third-order valence-electron chi connectivity index (χ3n) is 2.18. The van der Waals surface area contributed by atoms with Crippen LogP contribution in [0.4, 0.5) is 5.69 Å². The van der Waals surface area contributed by atoms with E-state index in [1.165, 1.54) is 0 Å². The second-order valence-electron chi connectivity index (χ2n) is 3.33. The van der Waals surface area contributed by atoms with Crippen LogP contribution in [0.2, 0.25) is 0 Å². The SMILES string of the molecule is Cc1nc(-c2ccccc2N)sc1C(=O)O. The Hall–Kier alpha value is -1.88. The van der Waals surface area contributed by atoms with Crippen LogP contribution in [-0.2, 0) is 0 Å². The molecule has 16 heavy (non-hydrogen) atoms. The van der Waals surface area contributed by atoms with Crippen molar-refractivity contribution >= 4 is 23.0 Å². The molecule has 0 spiro atoms. The van der Waals surface area contributed by atoms with Crippen LogP contribution in [0, 0.1) is 6.92 Å². The van der Waals surface area contributed by atoms with Gasteiger partial charge < -0.3 is 10.8 Å². The molecular weight excluding hydrogens is 224 g/mol. The summed E-state index contributed by atoms with van der Waals surface area (Å²) < 4.78 is 0. The van der Waals surface area contributed by atoms with Gasteiger partial charge in [-0.25, -0.2) is 9.78 Å². The zero-order chi connectivity index (χ0) is 11.7. The molecule has 0 aliphatic rings. The van der Waals surface area contributed by atoms with Gasteiger partial charge in [-0.1, -0.05) is 12.1 Å². The van der Waals surface area contributed by atoms with Crippen molar-refractivity contribution in [1.82, 2.24) is 4.98 Å². The van der Waals surface area contributed by atoms with Crippen LogP contribution in [0.5, 0.6) is 0 Å². The van der Waals surface area contributed by atoms with Gasteiger partial charge in [-0.2, -0.15) is 0 Å². The van der Waals surface area contributed by atoms with E-state index in [1.807, 2.05) is 18.2 Å². The molecule has 0 aliphatic carbocycles. The Balaban J connectivity index is 2.54. The van der Waals surface area contributed by atoms with Crippen LogP contribution < -0.4 is 5.73 Å². The number of carboxylic acid groups (broad SMARTS) is 1. The Morgan fingerprint density at radius 3 is 2.69 bits per heavy atom. The Kier molecular flexibility index (Phi) is 2.62. The topological polar surface area (TPSA) is 76.2 Å². The zero-order valence-electron chi connectivity index (χ0n) is 8.60. The number of carboxylic acids is 1. The summed E-state index contributed by atoms with van der Waals surface area (Å²) in [6, 6.07) is 7.28. The molecular formula is C11H10N2O2S. The van der Waals surface area contributed by atoms with Gasteiger partial charge in [0.05, 0.1) is 5.69 Å². The molecule has 82 valence electrons. The summed E-state index contributed by atoms with van der Waals surface area (Å²) in [7, 11) is 0. The van der Waals surface area contributed by atoms with E-state index in [1.54, 1.807) is 13.0 Å². The number of hydrogen-bond donors (Lipinski definition) is 2. The summed E-state index contributed by atoms with van der Waals surface area (Å²) in [5.41, 5.74) is 7.72. The van der Waals surface area contributed by atoms with Crippen LogP contribution in [-0.4, -0.2) is 16.1 Å². The average molecular weight is 234 g/mol. The predicted molar refractivity (Wildman–Crippen MR) is 63.7 cm³/mol. The fourth-order valence-corrected chi connectivity index (χ4v) is 2.35. The second-order valence-corrected chi connectivity index (χ2v) is 4.33. The van der Waals surface area contributed by atoms with E-state index in [0.29, 0.717) is 16.4 Å². The van der Waals surface area contributed by atoms with Gasteiger partial charge in [0.15, 0.2) is 0 Å². The number of rotatable bonds is 2. The van der Waals surface area contributed by atoms with E-state index < -0.39 is 5.97 Å². The Labute approximate surface area is 96.4 Å². The zero-order valence-corrected chi connectivity index (χ0v) is 9.41. The molecule has 5 heteroatoms. The third kappa shape index (κ3) is 1.77. The molecule has 2 aromatic rings. The van der Waals surface area contributed by atoms with Crippen molar-refractivity contribution < 1.29 is 9.90 Å². The lowest BCUT2D eigenvalue weighted by molar-refractivity contribution is 0.0701. The summed E-state index contributed by atoms with van der Waals surface area (Å²) in [6.45, 7) is 1.68. The van der Waals surface area contributed by atoms with Crippen molar-refractivity contribution in [1.29, 1.82) is 0 Å². The summed E-state index contributed by atoms with van der Waals surface area (Å²) in [4.78, 5) is 15.4. The lowest BCUT2D eigenvalue weighted by atomic mass is 10.2. The highest BCUT2D eigenvalue weighted by Crippen LogP contribution is 2.31. The largest absolute Gasteiger partial charge is 0.477 e. The number of nitrogen functional groups attached to an aromatic ring is 1. The smallest absolute Gasteiger partial charge is 0.347 e. The van der Waals surface area contributed by atoms with Gasteiger partial charge in [0.1, 0.15) is 9.88 Å². The molecule has 0 saturated heterocycles. The lowest BCUT2D eigenvalue weighted by Crippen LogP contribution is -1.94. The van der Waals surface area contributed by atoms with Gasteiger partial charge in [0, 0.05) is 11.3 Å². The van der Waals surface area contributed by atoms with E-state index >= 15 is 0 Å². The van der Waals surface area contributed by atoms with Crippen molar-refractivity contribution in [3.8, 4) is 10.6 Å². The van der Waals surface area contributed by atoms with Gasteiger partial charge in [-0.05, 0) is 19.1 Å². The van der Waals surface area contributed by atoms with E-state index in [2.05, 4.69) is 4.98 Å². The molecule has 3 N–H and O–H groups in total. The highest BCUT2D eigenvalue weighted by atomic mass is 32.1. The van der Waals surface area contributed by atoms with Gasteiger partial charge in [0.25, 0.3) is 0 Å². The molecule has 0 unspecified atom stereocenters. The molecule has 0 atom stereocenters. The van der Waals surface area contributed by atoms with E-state index in [9.17, 15) is 4.79 Å². The highest BCUT2D eigenvalue weighted by Gasteiger charge is 2.15. The summed E-state index contributed by atoms with van der Waals surface area (Å²) >= 11 is 1.14. The van der Waals surface area contributed by atoms with Crippen molar-refractivity contribution in [2.24, 2.45) is 0 Å². The molecule has 0 radical (unpaired) electrons. The van der Waals surface area contributed by atoms with Crippen LogP contribution in [0.3, 0.4) is 0 Å². The van der Waals surface area contributed by atoms with Gasteiger partial charge in [-0.3, -0.25) is 0 Å². The maximum absolute atomic E-state index is 10.9. The Morgan fingerprint density at radius 1 is 1.44 bits per heavy atom. The maximum Gasteiger partial charge on any atom is 0.347 e. The van der Waals surface area contributed by atoms with Gasteiger partial charge >= 0.3 is 5.97 Å². The normalized spacial score (nSPS) is 10.3. The first-order chi connectivity index (χ1) is 7.59. The fourth-order valence-electron chi connectivity index (χ4n) is 1.40. The molecule has 1 aromatic carbocycles. The summed E-state index contributed by atoms with van der Waals surface area (Å²) in [5.74, 6) is -0.948. The first kappa shape index (κ1) is 10.6. The summed E-state index contributed by atoms with van der Waals surface area (Å²) in [5, 5.41) is 9.58. The molecule has 4 nitrogen and oxygen atoms in total. The number of anilines is 1. The van der Waals surface area contributed by atoms with Crippen molar-refractivity contribution in [3.63, 3.8) is 0 Å². The molecule has 0 bridgehead atoms. The monoisotopic (exact) mass is 234 g/mol. The number of nitrogens with zero attached hydrogens (tertiary/aromatic N) is 1. The maximum atomic E-state index is 10.9. The predicted octanol–water partition coefficient (Wildman–Crippen LogP) is 2.40. The Morgan fingerprint density at radius 2 is 2.12 bits per heavy atom. The van der Waals surface area contributed by atoms with Crippen molar-refractivity contribution in [2.75, 3.05) is 5.73 Å². The molecule has 0 amide bonds. The number of aromatic nitrogens is 1. The van der Waals surface area contributed by atoms with Crippen LogP contribution in [0.15, 0.2) is 24.3 Å². The lowest BCUT2D eigenvalue weighted by Gasteiger charge is -1.99. The van der Waals surface area contributed by atoms with Gasteiger partial charge in [-0.15, -0.1) is 11.3 Å². The third-order valence-corrected chi connectivity index (χ3v) is 3.36. The molecule has 1 heterocycles. The van der Waals surface area contributed by atoms with Gasteiger partial charge in [0.2, 0.25) is 0 Å². The highest BCUT2D eigenvalue weighted by molar-refractivity contribution is 7.17. The van der Waals surface area contributed by atoms with Crippen LogP contribution >= 0.6 is 11.3 Å². The van der Waals surface area contributed by atoms with Crippen LogP contribution in [0.25, 0.3) is 10.6 Å². The molecule has 0 aliphatic heterocycles.